The van der Waals surface area contributed by atoms with E-state index in [2.05, 4.69) is 5.32 Å². The predicted octanol–water partition coefficient (Wildman–Crippen LogP) is 1.07. The molecule has 5 heteroatoms. The van der Waals surface area contributed by atoms with Crippen molar-refractivity contribution in [1.82, 2.24) is 10.2 Å². The number of carbonyl (C=O) groups excluding carboxylic acids is 2. The molecule has 2 fully saturated rings. The van der Waals surface area contributed by atoms with Crippen molar-refractivity contribution in [2.75, 3.05) is 19.7 Å². The third kappa shape index (κ3) is 3.93. The summed E-state index contributed by atoms with van der Waals surface area (Å²) < 4.78 is 5.05. The zero-order valence-corrected chi connectivity index (χ0v) is 11.7. The van der Waals surface area contributed by atoms with E-state index in [1.165, 1.54) is 19.3 Å². The van der Waals surface area contributed by atoms with Crippen LogP contribution in [0.15, 0.2) is 0 Å². The van der Waals surface area contributed by atoms with Gasteiger partial charge in [0.15, 0.2) is 0 Å². The topological polar surface area (TPSA) is 58.6 Å². The van der Waals surface area contributed by atoms with E-state index in [1.54, 1.807) is 0 Å². The van der Waals surface area contributed by atoms with Crippen LogP contribution in [0.5, 0.6) is 0 Å². The molecule has 108 valence electrons. The van der Waals surface area contributed by atoms with Crippen molar-refractivity contribution < 1.29 is 14.3 Å². The summed E-state index contributed by atoms with van der Waals surface area (Å²) in [6.45, 7) is 3.94. The summed E-state index contributed by atoms with van der Waals surface area (Å²) in [6, 6.07) is -0.0988. The maximum Gasteiger partial charge on any atom is 0.323 e. The number of esters is 1. The first-order valence-electron chi connectivity index (χ1n) is 7.40. The minimum absolute atomic E-state index is 0.0193. The fraction of sp³-hybridized carbons (Fsp3) is 0.857. The monoisotopic (exact) mass is 268 g/mol. The lowest BCUT2D eigenvalue weighted by molar-refractivity contribution is -0.159. The third-order valence-electron chi connectivity index (χ3n) is 4.09. The number of likely N-dealkylation sites (N-methyl/N-ethyl adjacent to an activating group) is 1. The van der Waals surface area contributed by atoms with Gasteiger partial charge in [-0.3, -0.25) is 14.5 Å². The fourth-order valence-corrected chi connectivity index (χ4v) is 2.96. The predicted molar refractivity (Wildman–Crippen MR) is 71.6 cm³/mol. The number of carbonyl (C=O) groups is 2. The molecule has 0 aromatic carbocycles. The molecular weight excluding hydrogens is 244 g/mol. The van der Waals surface area contributed by atoms with Gasteiger partial charge in [0.05, 0.1) is 6.42 Å². The van der Waals surface area contributed by atoms with Crippen molar-refractivity contribution in [3.63, 3.8) is 0 Å². The van der Waals surface area contributed by atoms with E-state index in [0.29, 0.717) is 12.6 Å². The maximum atomic E-state index is 12.0. The lowest BCUT2D eigenvalue weighted by atomic mass is 9.95. The highest BCUT2D eigenvalue weighted by atomic mass is 16.5. The molecule has 1 N–H and O–H groups in total. The van der Waals surface area contributed by atoms with E-state index in [0.717, 1.165) is 25.9 Å². The van der Waals surface area contributed by atoms with Gasteiger partial charge in [-0.15, -0.1) is 0 Å². The Morgan fingerprint density at radius 1 is 1.37 bits per heavy atom. The standard InChI is InChI=1S/C14H24N2O3/c1-2-16-8-9-19-14(18)12(16)10-13(17)15-11-6-4-3-5-7-11/h11-12H,2-10H2,1H3,(H,15,17). The van der Waals surface area contributed by atoms with Gasteiger partial charge in [0, 0.05) is 12.6 Å². The zero-order chi connectivity index (χ0) is 13.7. The van der Waals surface area contributed by atoms with Gasteiger partial charge in [0.25, 0.3) is 0 Å². The van der Waals surface area contributed by atoms with Crippen molar-refractivity contribution in [1.29, 1.82) is 0 Å². The number of rotatable bonds is 4. The number of hydrogen-bond donors (Lipinski definition) is 1. The molecule has 2 aliphatic rings. The second-order valence-electron chi connectivity index (χ2n) is 5.42. The van der Waals surface area contributed by atoms with Crippen LogP contribution < -0.4 is 5.32 Å². The Bertz CT molecular complexity index is 327. The maximum absolute atomic E-state index is 12.0. The van der Waals surface area contributed by atoms with Gasteiger partial charge < -0.3 is 10.1 Å². The molecule has 2 rings (SSSR count). The molecule has 0 bridgehead atoms. The van der Waals surface area contributed by atoms with Crippen molar-refractivity contribution >= 4 is 11.9 Å². The van der Waals surface area contributed by atoms with Gasteiger partial charge >= 0.3 is 5.97 Å². The average Bonchev–Trinajstić information content (AvgIpc) is 2.42. The van der Waals surface area contributed by atoms with Gasteiger partial charge in [-0.2, -0.15) is 0 Å². The van der Waals surface area contributed by atoms with Gasteiger partial charge in [0.1, 0.15) is 12.6 Å². The number of morpholine rings is 1. The molecule has 1 saturated carbocycles. The lowest BCUT2D eigenvalue weighted by Crippen LogP contribution is -2.51. The minimum atomic E-state index is -0.401. The molecule has 1 amide bonds. The van der Waals surface area contributed by atoms with Crippen LogP contribution in [0.4, 0.5) is 0 Å². The summed E-state index contributed by atoms with van der Waals surface area (Å²) in [5.41, 5.74) is 0. The summed E-state index contributed by atoms with van der Waals surface area (Å²) in [4.78, 5) is 25.8. The summed E-state index contributed by atoms with van der Waals surface area (Å²) in [6.07, 6.45) is 6.01. The van der Waals surface area contributed by atoms with E-state index in [4.69, 9.17) is 4.74 Å². The van der Waals surface area contributed by atoms with E-state index >= 15 is 0 Å². The molecule has 1 saturated heterocycles. The molecule has 1 atom stereocenters. The molecule has 1 unspecified atom stereocenters. The molecule has 19 heavy (non-hydrogen) atoms. The molecule has 1 heterocycles. The second kappa shape index (κ2) is 6.89. The Hall–Kier alpha value is -1.10. The molecule has 0 radical (unpaired) electrons. The van der Waals surface area contributed by atoms with Crippen LogP contribution >= 0.6 is 0 Å². The highest BCUT2D eigenvalue weighted by Crippen LogP contribution is 2.18. The van der Waals surface area contributed by atoms with Crippen molar-refractivity contribution in [3.05, 3.63) is 0 Å². The van der Waals surface area contributed by atoms with Crippen molar-refractivity contribution in [3.8, 4) is 0 Å². The SMILES string of the molecule is CCN1CCOC(=O)C1CC(=O)NC1CCCCC1. The molecule has 0 aromatic heterocycles. The van der Waals surface area contributed by atoms with Crippen LogP contribution in [-0.4, -0.2) is 48.6 Å². The van der Waals surface area contributed by atoms with Crippen LogP contribution in [0.2, 0.25) is 0 Å². The van der Waals surface area contributed by atoms with Gasteiger partial charge in [-0.25, -0.2) is 0 Å². The largest absolute Gasteiger partial charge is 0.463 e. The lowest BCUT2D eigenvalue weighted by Gasteiger charge is -2.33. The number of cyclic esters (lactones) is 1. The Kier molecular flexibility index (Phi) is 5.19. The summed E-state index contributed by atoms with van der Waals surface area (Å²) in [5, 5.41) is 3.06. The number of amides is 1. The minimum Gasteiger partial charge on any atom is -0.463 e. The molecule has 1 aliphatic heterocycles. The van der Waals surface area contributed by atoms with Gasteiger partial charge in [-0.1, -0.05) is 26.2 Å². The zero-order valence-electron chi connectivity index (χ0n) is 11.7. The smallest absolute Gasteiger partial charge is 0.323 e. The number of hydrogen-bond acceptors (Lipinski definition) is 4. The van der Waals surface area contributed by atoms with E-state index < -0.39 is 6.04 Å². The molecule has 0 spiro atoms. The van der Waals surface area contributed by atoms with E-state index in [-0.39, 0.29) is 18.3 Å². The van der Waals surface area contributed by atoms with E-state index in [1.807, 2.05) is 11.8 Å². The first-order valence-corrected chi connectivity index (χ1v) is 7.40. The number of ether oxygens (including phenoxy) is 1. The average molecular weight is 268 g/mol. The number of nitrogens with one attached hydrogen (secondary N) is 1. The highest BCUT2D eigenvalue weighted by Gasteiger charge is 2.32. The van der Waals surface area contributed by atoms with Crippen molar-refractivity contribution in [2.24, 2.45) is 0 Å². The highest BCUT2D eigenvalue weighted by molar-refractivity contribution is 5.85. The summed E-state index contributed by atoms with van der Waals surface area (Å²) >= 11 is 0. The normalized spacial score (nSPS) is 25.9. The summed E-state index contributed by atoms with van der Waals surface area (Å²) in [5.74, 6) is -0.277. The quantitative estimate of drug-likeness (QED) is 0.775. The van der Waals surface area contributed by atoms with Crippen LogP contribution in [0.25, 0.3) is 0 Å². The van der Waals surface area contributed by atoms with Crippen LogP contribution in [0.3, 0.4) is 0 Å². The Balaban J connectivity index is 1.83. The van der Waals surface area contributed by atoms with Crippen LogP contribution in [0.1, 0.15) is 45.4 Å². The first kappa shape index (κ1) is 14.3. The van der Waals surface area contributed by atoms with Crippen LogP contribution in [-0.2, 0) is 14.3 Å². The van der Waals surface area contributed by atoms with Gasteiger partial charge in [0.2, 0.25) is 5.91 Å². The molecular formula is C14H24N2O3. The van der Waals surface area contributed by atoms with Gasteiger partial charge in [-0.05, 0) is 19.4 Å². The second-order valence-corrected chi connectivity index (χ2v) is 5.42. The summed E-state index contributed by atoms with van der Waals surface area (Å²) in [7, 11) is 0. The molecule has 0 aromatic rings. The van der Waals surface area contributed by atoms with E-state index in [9.17, 15) is 9.59 Å². The molecule has 5 nitrogen and oxygen atoms in total. The third-order valence-corrected chi connectivity index (χ3v) is 4.09. The van der Waals surface area contributed by atoms with Crippen LogP contribution in [0, 0.1) is 0 Å². The van der Waals surface area contributed by atoms with Crippen molar-refractivity contribution in [2.45, 2.75) is 57.5 Å². The Labute approximate surface area is 114 Å². The first-order chi connectivity index (χ1) is 9.20. The number of nitrogens with zero attached hydrogens (tertiary/aromatic N) is 1. The fourth-order valence-electron chi connectivity index (χ4n) is 2.96. The molecule has 1 aliphatic carbocycles. The Morgan fingerprint density at radius 2 is 2.11 bits per heavy atom. The Morgan fingerprint density at radius 3 is 2.79 bits per heavy atom.